The van der Waals surface area contributed by atoms with Crippen molar-refractivity contribution in [2.45, 2.75) is 45.1 Å². The zero-order valence-electron chi connectivity index (χ0n) is 19.5. The Labute approximate surface area is 199 Å². The molecule has 0 spiro atoms. The van der Waals surface area contributed by atoms with Crippen LogP contribution in [0, 0.1) is 0 Å². The van der Waals surface area contributed by atoms with Gasteiger partial charge >= 0.3 is 11.9 Å². The van der Waals surface area contributed by atoms with Gasteiger partial charge in [0.25, 0.3) is 0 Å². The van der Waals surface area contributed by atoms with Crippen molar-refractivity contribution in [1.82, 2.24) is 6.15 Å². The Morgan fingerprint density at radius 1 is 1.00 bits per heavy atom. The Hall–Kier alpha value is -3.60. The van der Waals surface area contributed by atoms with Gasteiger partial charge < -0.3 is 33.1 Å². The SMILES string of the molecule is CCCC(=O)Nc1ccc(C=O)cc1.N.NCCCC[C@H](N)C(=O)O.O=C(O)c1ccccc1. The molecule has 0 bridgehead atoms. The van der Waals surface area contributed by atoms with Crippen LogP contribution in [-0.2, 0) is 9.59 Å². The maximum Gasteiger partial charge on any atom is 0.335 e. The number of aromatic carboxylic acids is 1. The second-order valence-electron chi connectivity index (χ2n) is 6.94. The van der Waals surface area contributed by atoms with Crippen LogP contribution in [0.25, 0.3) is 0 Å². The minimum Gasteiger partial charge on any atom is -0.480 e. The van der Waals surface area contributed by atoms with Gasteiger partial charge in [-0.25, -0.2) is 4.79 Å². The molecule has 0 unspecified atom stereocenters. The van der Waals surface area contributed by atoms with Crippen LogP contribution in [0.5, 0.6) is 0 Å². The molecule has 0 saturated heterocycles. The summed E-state index contributed by atoms with van der Waals surface area (Å²) in [5, 5.41) is 19.4. The maximum absolute atomic E-state index is 11.2. The van der Waals surface area contributed by atoms with Crippen LogP contribution in [0.4, 0.5) is 5.69 Å². The lowest BCUT2D eigenvalue weighted by Crippen LogP contribution is -2.29. The van der Waals surface area contributed by atoms with Gasteiger partial charge in [0.15, 0.2) is 0 Å². The molecule has 1 atom stereocenters. The summed E-state index contributed by atoms with van der Waals surface area (Å²) in [6.07, 6.45) is 4.29. The molecule has 34 heavy (non-hydrogen) atoms. The van der Waals surface area contributed by atoms with E-state index in [0.717, 1.165) is 31.2 Å². The molecule has 10 nitrogen and oxygen atoms in total. The minimum atomic E-state index is -0.933. The number of anilines is 1. The lowest BCUT2D eigenvalue weighted by Gasteiger charge is -2.03. The molecule has 0 aliphatic heterocycles. The number of carbonyl (C=O) groups is 4. The Kier molecular flexibility index (Phi) is 19.2. The quantitative estimate of drug-likeness (QED) is 0.219. The highest BCUT2D eigenvalue weighted by atomic mass is 16.4. The number of carbonyl (C=O) groups excluding carboxylic acids is 2. The van der Waals surface area contributed by atoms with Crippen LogP contribution in [0.2, 0.25) is 0 Å². The number of aldehydes is 1. The lowest BCUT2D eigenvalue weighted by molar-refractivity contribution is -0.138. The van der Waals surface area contributed by atoms with Gasteiger partial charge in [-0.2, -0.15) is 0 Å². The summed E-state index contributed by atoms with van der Waals surface area (Å²) in [6.45, 7) is 2.56. The van der Waals surface area contributed by atoms with E-state index in [1.807, 2.05) is 6.92 Å². The number of hydrogen-bond acceptors (Lipinski definition) is 7. The molecule has 0 fully saturated rings. The number of amides is 1. The molecule has 2 aromatic rings. The molecular formula is C24H36N4O6. The van der Waals surface area contributed by atoms with Crippen LogP contribution in [0.1, 0.15) is 59.7 Å². The summed E-state index contributed by atoms with van der Waals surface area (Å²) < 4.78 is 0. The highest BCUT2D eigenvalue weighted by Gasteiger charge is 2.09. The first kappa shape index (κ1) is 32.6. The monoisotopic (exact) mass is 476 g/mol. The number of aliphatic carboxylic acids is 1. The number of benzene rings is 2. The third kappa shape index (κ3) is 16.1. The molecule has 1 amide bonds. The zero-order chi connectivity index (χ0) is 25.1. The summed E-state index contributed by atoms with van der Waals surface area (Å²) in [6, 6.07) is 14.4. The highest BCUT2D eigenvalue weighted by Crippen LogP contribution is 2.08. The smallest absolute Gasteiger partial charge is 0.335 e. The van der Waals surface area contributed by atoms with Crippen molar-refractivity contribution in [3.05, 3.63) is 65.7 Å². The highest BCUT2D eigenvalue weighted by molar-refractivity contribution is 5.91. The number of hydrogen-bond donors (Lipinski definition) is 6. The second-order valence-corrected chi connectivity index (χ2v) is 6.94. The first-order valence-corrected chi connectivity index (χ1v) is 10.6. The number of carboxylic acid groups (broad SMARTS) is 2. The van der Waals surface area contributed by atoms with E-state index in [-0.39, 0.29) is 12.1 Å². The Balaban J connectivity index is 0. The summed E-state index contributed by atoms with van der Waals surface area (Å²) in [4.78, 5) is 41.9. The predicted octanol–water partition coefficient (Wildman–Crippen LogP) is 3.31. The van der Waals surface area contributed by atoms with Gasteiger partial charge in [-0.3, -0.25) is 14.4 Å². The summed E-state index contributed by atoms with van der Waals surface area (Å²) in [5.74, 6) is -1.81. The van der Waals surface area contributed by atoms with Crippen LogP contribution in [0.3, 0.4) is 0 Å². The van der Waals surface area contributed by atoms with Gasteiger partial charge in [0.05, 0.1) is 5.56 Å². The average molecular weight is 477 g/mol. The van der Waals surface area contributed by atoms with Crippen molar-refractivity contribution in [3.8, 4) is 0 Å². The van der Waals surface area contributed by atoms with Crippen molar-refractivity contribution in [2.75, 3.05) is 11.9 Å². The molecule has 0 heterocycles. The van der Waals surface area contributed by atoms with Crippen molar-refractivity contribution in [2.24, 2.45) is 11.5 Å². The van der Waals surface area contributed by atoms with Gasteiger partial charge in [0, 0.05) is 17.7 Å². The van der Waals surface area contributed by atoms with Gasteiger partial charge in [0.1, 0.15) is 12.3 Å². The summed E-state index contributed by atoms with van der Waals surface area (Å²) in [5.41, 5.74) is 12.1. The molecule has 2 aromatic carbocycles. The number of nitrogens with two attached hydrogens (primary N) is 2. The van der Waals surface area contributed by atoms with E-state index in [0.29, 0.717) is 30.5 Å². The van der Waals surface area contributed by atoms with E-state index in [9.17, 15) is 19.2 Å². The minimum absolute atomic E-state index is 0. The fourth-order valence-corrected chi connectivity index (χ4v) is 2.31. The van der Waals surface area contributed by atoms with Crippen LogP contribution >= 0.6 is 0 Å². The molecule has 10 N–H and O–H groups in total. The molecule has 10 heteroatoms. The molecule has 0 aliphatic rings. The van der Waals surface area contributed by atoms with E-state index in [4.69, 9.17) is 21.7 Å². The molecule has 0 radical (unpaired) electrons. The van der Waals surface area contributed by atoms with E-state index in [1.165, 1.54) is 0 Å². The van der Waals surface area contributed by atoms with Crippen LogP contribution in [0.15, 0.2) is 54.6 Å². The van der Waals surface area contributed by atoms with Gasteiger partial charge in [-0.15, -0.1) is 0 Å². The largest absolute Gasteiger partial charge is 0.480 e. The molecule has 0 aromatic heterocycles. The number of unbranched alkanes of at least 4 members (excludes halogenated alkanes) is 1. The van der Waals surface area contributed by atoms with Crippen LogP contribution < -0.4 is 22.9 Å². The van der Waals surface area contributed by atoms with Gasteiger partial charge in [-0.05, 0) is 62.2 Å². The Morgan fingerprint density at radius 3 is 2.00 bits per heavy atom. The molecule has 2 rings (SSSR count). The van der Waals surface area contributed by atoms with E-state index in [2.05, 4.69) is 5.32 Å². The van der Waals surface area contributed by atoms with Crippen molar-refractivity contribution in [3.63, 3.8) is 0 Å². The standard InChI is InChI=1S/C11H13NO2.C7H6O2.C6H14N2O2.H3N/c1-2-3-11(14)12-10-6-4-9(8-13)5-7-10;8-7(9)6-4-2-1-3-5-6;7-4-2-1-3-5(8)6(9)10;/h4-8H,2-3H2,1H3,(H,12,14);1-5H,(H,8,9);5H,1-4,7-8H2,(H,9,10);1H3/t;;5-;/m..0./s1. The predicted molar refractivity (Wildman–Crippen MR) is 132 cm³/mol. The molecular weight excluding hydrogens is 440 g/mol. The third-order valence-corrected chi connectivity index (χ3v) is 4.11. The number of nitrogens with one attached hydrogen (secondary N) is 1. The zero-order valence-corrected chi connectivity index (χ0v) is 19.5. The fourth-order valence-electron chi connectivity index (χ4n) is 2.31. The molecule has 188 valence electrons. The number of carboxylic acids is 2. The third-order valence-electron chi connectivity index (χ3n) is 4.11. The van der Waals surface area contributed by atoms with Crippen LogP contribution in [-0.4, -0.2) is 46.9 Å². The first-order chi connectivity index (χ1) is 15.7. The fraction of sp³-hybridized carbons (Fsp3) is 0.333. The maximum atomic E-state index is 11.2. The first-order valence-electron chi connectivity index (χ1n) is 10.6. The van der Waals surface area contributed by atoms with E-state index >= 15 is 0 Å². The topological polar surface area (TPSA) is 208 Å². The van der Waals surface area contributed by atoms with Crippen molar-refractivity contribution >= 4 is 29.8 Å². The van der Waals surface area contributed by atoms with E-state index < -0.39 is 18.0 Å². The number of rotatable bonds is 10. The average Bonchev–Trinajstić information content (AvgIpc) is 2.81. The molecule has 0 saturated carbocycles. The Morgan fingerprint density at radius 2 is 1.59 bits per heavy atom. The second kappa shape index (κ2) is 20.0. The summed E-state index contributed by atoms with van der Waals surface area (Å²) in [7, 11) is 0. The van der Waals surface area contributed by atoms with Gasteiger partial charge in [-0.1, -0.05) is 31.5 Å². The van der Waals surface area contributed by atoms with Crippen molar-refractivity contribution in [1.29, 1.82) is 0 Å². The normalized spacial score (nSPS) is 10.1. The van der Waals surface area contributed by atoms with Crippen molar-refractivity contribution < 1.29 is 29.4 Å². The summed E-state index contributed by atoms with van der Waals surface area (Å²) >= 11 is 0. The van der Waals surface area contributed by atoms with E-state index in [1.54, 1.807) is 54.6 Å². The Bertz CT molecular complexity index is 844. The molecule has 0 aliphatic carbocycles. The van der Waals surface area contributed by atoms with Gasteiger partial charge in [0.2, 0.25) is 5.91 Å². The lowest BCUT2D eigenvalue weighted by atomic mass is 10.1.